The summed E-state index contributed by atoms with van der Waals surface area (Å²) in [6, 6.07) is 5.14. The third-order valence-corrected chi connectivity index (χ3v) is 3.87. The molecule has 0 spiro atoms. The van der Waals surface area contributed by atoms with Crippen molar-refractivity contribution in [1.82, 2.24) is 4.57 Å². The Kier molecular flexibility index (Phi) is 3.47. The van der Waals surface area contributed by atoms with Crippen LogP contribution in [0.4, 0.5) is 5.69 Å². The van der Waals surface area contributed by atoms with Gasteiger partial charge in [-0.05, 0) is 6.07 Å². The summed E-state index contributed by atoms with van der Waals surface area (Å²) in [4.78, 5) is 24.1. The molecule has 3 rings (SSSR count). The predicted molar refractivity (Wildman–Crippen MR) is 80.4 cm³/mol. The second kappa shape index (κ2) is 5.34. The number of nitrogens with zero attached hydrogens (tertiary/aromatic N) is 2. The van der Waals surface area contributed by atoms with Gasteiger partial charge in [-0.3, -0.25) is 0 Å². The second-order valence-corrected chi connectivity index (χ2v) is 5.19. The first-order valence-electron chi connectivity index (χ1n) is 6.47. The molecule has 0 aliphatic carbocycles. The molecular weight excluding hydrogens is 322 g/mol. The zero-order chi connectivity index (χ0) is 16.7. The van der Waals surface area contributed by atoms with Crippen LogP contribution in [0.1, 0.15) is 32.0 Å². The van der Waals surface area contributed by atoms with Crippen molar-refractivity contribution in [3.05, 3.63) is 45.7 Å². The highest BCUT2D eigenvalue weighted by molar-refractivity contribution is 6.33. The molecule has 2 N–H and O–H groups in total. The van der Waals surface area contributed by atoms with Gasteiger partial charge >= 0.3 is 11.9 Å². The van der Waals surface area contributed by atoms with Crippen LogP contribution in [0.3, 0.4) is 0 Å². The maximum atomic E-state index is 12.1. The molecule has 23 heavy (non-hydrogen) atoms. The first-order valence-corrected chi connectivity index (χ1v) is 6.85. The van der Waals surface area contributed by atoms with Gasteiger partial charge in [-0.15, -0.1) is 0 Å². The molecule has 1 aromatic heterocycles. The highest BCUT2D eigenvalue weighted by atomic mass is 35.5. The molecule has 0 amide bonds. The summed E-state index contributed by atoms with van der Waals surface area (Å²) in [5.74, 6) is -1.30. The molecule has 116 valence electrons. The van der Waals surface area contributed by atoms with Gasteiger partial charge in [0.2, 0.25) is 0 Å². The van der Waals surface area contributed by atoms with Crippen LogP contribution in [0, 0.1) is 11.3 Å². The summed E-state index contributed by atoms with van der Waals surface area (Å²) in [5, 5.41) is 9.37. The summed E-state index contributed by atoms with van der Waals surface area (Å²) >= 11 is 6.23. The Morgan fingerprint density at radius 3 is 2.91 bits per heavy atom. The number of esters is 2. The number of halogens is 1. The van der Waals surface area contributed by atoms with Crippen molar-refractivity contribution in [1.29, 1.82) is 5.26 Å². The number of nitrogens with two attached hydrogens (primary N) is 1. The Balaban J connectivity index is 2.38. The quantitative estimate of drug-likeness (QED) is 0.844. The summed E-state index contributed by atoms with van der Waals surface area (Å²) in [5.41, 5.74) is 6.93. The molecule has 8 heteroatoms. The van der Waals surface area contributed by atoms with E-state index in [9.17, 15) is 9.59 Å². The first kappa shape index (κ1) is 14.9. The molecule has 0 bridgehead atoms. The minimum Gasteiger partial charge on any atom is -0.464 e. The second-order valence-electron chi connectivity index (χ2n) is 4.78. The van der Waals surface area contributed by atoms with Crippen LogP contribution in [0.25, 0.3) is 5.69 Å². The summed E-state index contributed by atoms with van der Waals surface area (Å²) in [6.07, 6.45) is 1.34. The van der Waals surface area contributed by atoms with E-state index in [1.54, 1.807) is 12.1 Å². The zero-order valence-electron chi connectivity index (χ0n) is 11.9. The topological polar surface area (TPSA) is 107 Å². The molecule has 0 atom stereocenters. The van der Waals surface area contributed by atoms with Crippen LogP contribution in [0.5, 0.6) is 0 Å². The number of hydrogen-bond acceptors (Lipinski definition) is 6. The lowest BCUT2D eigenvalue weighted by Crippen LogP contribution is -2.13. The maximum Gasteiger partial charge on any atom is 0.357 e. The van der Waals surface area contributed by atoms with E-state index >= 15 is 0 Å². The van der Waals surface area contributed by atoms with Gasteiger partial charge in [0, 0.05) is 11.8 Å². The standard InChI is InChI=1S/C15H10ClN3O4/c1-22-15(21)13-11(18)8(4-17)5-19(13)12-9(16)3-2-7-6-23-14(20)10(7)12/h2-3,5H,6,18H2,1H3. The zero-order valence-corrected chi connectivity index (χ0v) is 12.7. The van der Waals surface area contributed by atoms with Crippen molar-refractivity contribution < 1.29 is 19.1 Å². The Labute approximate surface area is 135 Å². The smallest absolute Gasteiger partial charge is 0.357 e. The molecule has 0 saturated heterocycles. The molecule has 0 unspecified atom stereocenters. The van der Waals surface area contributed by atoms with Gasteiger partial charge in [0.15, 0.2) is 5.69 Å². The SMILES string of the molecule is COC(=O)c1c(N)c(C#N)cn1-c1c(Cl)ccc2c1C(=O)OC2. The van der Waals surface area contributed by atoms with E-state index in [4.69, 9.17) is 32.1 Å². The fourth-order valence-electron chi connectivity index (χ4n) is 2.50. The van der Waals surface area contributed by atoms with E-state index in [2.05, 4.69) is 0 Å². The Morgan fingerprint density at radius 2 is 2.26 bits per heavy atom. The fourth-order valence-corrected chi connectivity index (χ4v) is 2.75. The van der Waals surface area contributed by atoms with Gasteiger partial charge in [-0.1, -0.05) is 17.7 Å². The number of anilines is 1. The van der Waals surface area contributed by atoms with E-state index in [0.29, 0.717) is 5.56 Å². The Morgan fingerprint density at radius 1 is 1.52 bits per heavy atom. The van der Waals surface area contributed by atoms with Crippen LogP contribution >= 0.6 is 11.6 Å². The molecule has 0 saturated carbocycles. The number of hydrogen-bond donors (Lipinski definition) is 1. The normalized spacial score (nSPS) is 12.5. The Bertz CT molecular complexity index is 895. The molecule has 1 aromatic carbocycles. The van der Waals surface area contributed by atoms with Gasteiger partial charge in [-0.25, -0.2) is 9.59 Å². The van der Waals surface area contributed by atoms with Crippen LogP contribution in [-0.4, -0.2) is 23.6 Å². The number of ether oxygens (including phenoxy) is 2. The van der Waals surface area contributed by atoms with Crippen LogP contribution in [0.2, 0.25) is 5.02 Å². The van der Waals surface area contributed by atoms with Crippen LogP contribution in [-0.2, 0) is 16.1 Å². The molecule has 2 heterocycles. The lowest BCUT2D eigenvalue weighted by atomic mass is 10.1. The summed E-state index contributed by atoms with van der Waals surface area (Å²) in [6.45, 7) is 0.119. The third kappa shape index (κ3) is 2.12. The molecule has 1 aliphatic rings. The average Bonchev–Trinajstić information content (AvgIpc) is 3.07. The molecule has 7 nitrogen and oxygen atoms in total. The highest BCUT2D eigenvalue weighted by Crippen LogP contribution is 2.35. The molecule has 2 aromatic rings. The van der Waals surface area contributed by atoms with E-state index in [1.807, 2.05) is 6.07 Å². The fraction of sp³-hybridized carbons (Fsp3) is 0.133. The predicted octanol–water partition coefficient (Wildman–Crippen LogP) is 2.04. The first-order chi connectivity index (χ1) is 11.0. The number of carbonyl (C=O) groups excluding carboxylic acids is 2. The monoisotopic (exact) mass is 331 g/mol. The van der Waals surface area contributed by atoms with Crippen molar-refractivity contribution >= 4 is 29.2 Å². The molecule has 1 aliphatic heterocycles. The summed E-state index contributed by atoms with van der Waals surface area (Å²) < 4.78 is 11.0. The van der Waals surface area contributed by atoms with Crippen LogP contribution in [0.15, 0.2) is 18.3 Å². The van der Waals surface area contributed by atoms with E-state index < -0.39 is 11.9 Å². The molecule has 0 fully saturated rings. The van der Waals surface area contributed by atoms with E-state index in [1.165, 1.54) is 17.9 Å². The van der Waals surface area contributed by atoms with Crippen molar-refractivity contribution in [2.45, 2.75) is 6.61 Å². The minimum absolute atomic E-state index is 0.0422. The Hall–Kier alpha value is -2.98. The number of fused-ring (bicyclic) bond motifs is 1. The number of cyclic esters (lactones) is 1. The van der Waals surface area contributed by atoms with Gasteiger partial charge in [0.25, 0.3) is 0 Å². The largest absolute Gasteiger partial charge is 0.464 e. The number of nitrogen functional groups attached to an aromatic ring is 1. The number of nitriles is 1. The van der Waals surface area contributed by atoms with E-state index in [0.717, 1.165) is 0 Å². The number of rotatable bonds is 2. The third-order valence-electron chi connectivity index (χ3n) is 3.56. The number of methoxy groups -OCH3 is 1. The van der Waals surface area contributed by atoms with Crippen molar-refractivity contribution in [2.24, 2.45) is 0 Å². The van der Waals surface area contributed by atoms with Gasteiger partial charge < -0.3 is 19.8 Å². The number of aromatic nitrogens is 1. The van der Waals surface area contributed by atoms with E-state index in [-0.39, 0.29) is 39.8 Å². The average molecular weight is 332 g/mol. The van der Waals surface area contributed by atoms with Gasteiger partial charge in [-0.2, -0.15) is 5.26 Å². The maximum absolute atomic E-state index is 12.1. The highest BCUT2D eigenvalue weighted by Gasteiger charge is 2.31. The van der Waals surface area contributed by atoms with Gasteiger partial charge in [0.05, 0.1) is 34.6 Å². The van der Waals surface area contributed by atoms with Gasteiger partial charge in [0.1, 0.15) is 12.7 Å². The van der Waals surface area contributed by atoms with Crippen LogP contribution < -0.4 is 5.73 Å². The lowest BCUT2D eigenvalue weighted by Gasteiger charge is -2.13. The lowest BCUT2D eigenvalue weighted by molar-refractivity contribution is 0.0532. The number of benzene rings is 1. The summed E-state index contributed by atoms with van der Waals surface area (Å²) in [7, 11) is 1.19. The minimum atomic E-state index is -0.746. The molecular formula is C15H10ClN3O4. The van der Waals surface area contributed by atoms with Crippen molar-refractivity contribution in [2.75, 3.05) is 12.8 Å². The number of carbonyl (C=O) groups is 2. The molecule has 0 radical (unpaired) electrons. The van der Waals surface area contributed by atoms with Crippen molar-refractivity contribution in [3.8, 4) is 11.8 Å². The van der Waals surface area contributed by atoms with Crippen molar-refractivity contribution in [3.63, 3.8) is 0 Å².